The van der Waals surface area contributed by atoms with Gasteiger partial charge in [-0.25, -0.2) is 0 Å². The SMILES string of the molecule is NC(=O)CN(C(=O)C1(C(N)=NO)CC1)C1CCCC1. The first kappa shape index (κ1) is 13.6. The number of amides is 2. The van der Waals surface area contributed by atoms with Gasteiger partial charge in [0.15, 0.2) is 5.84 Å². The zero-order valence-corrected chi connectivity index (χ0v) is 10.8. The fraction of sp³-hybridized carbons (Fsp3) is 0.750. The van der Waals surface area contributed by atoms with Crippen LogP contribution >= 0.6 is 0 Å². The van der Waals surface area contributed by atoms with E-state index in [0.29, 0.717) is 12.8 Å². The van der Waals surface area contributed by atoms with E-state index in [2.05, 4.69) is 5.16 Å². The third-order valence-electron chi connectivity index (χ3n) is 4.11. The van der Waals surface area contributed by atoms with Crippen LogP contribution in [0.4, 0.5) is 0 Å². The summed E-state index contributed by atoms with van der Waals surface area (Å²) in [6.07, 6.45) is 4.97. The van der Waals surface area contributed by atoms with Gasteiger partial charge in [-0.2, -0.15) is 0 Å². The van der Waals surface area contributed by atoms with Crippen LogP contribution in [0.25, 0.3) is 0 Å². The van der Waals surface area contributed by atoms with Crippen LogP contribution in [0, 0.1) is 5.41 Å². The number of rotatable bonds is 5. The molecule has 2 fully saturated rings. The van der Waals surface area contributed by atoms with Gasteiger partial charge in [0, 0.05) is 6.04 Å². The summed E-state index contributed by atoms with van der Waals surface area (Å²) < 4.78 is 0. The fourth-order valence-electron chi connectivity index (χ4n) is 2.83. The first-order valence-electron chi connectivity index (χ1n) is 6.58. The van der Waals surface area contributed by atoms with Crippen LogP contribution in [0.3, 0.4) is 0 Å². The highest BCUT2D eigenvalue weighted by Gasteiger charge is 2.56. The lowest BCUT2D eigenvalue weighted by Gasteiger charge is -2.31. The van der Waals surface area contributed by atoms with E-state index >= 15 is 0 Å². The Hall–Kier alpha value is -1.79. The van der Waals surface area contributed by atoms with Gasteiger partial charge in [0.2, 0.25) is 11.8 Å². The number of nitrogens with zero attached hydrogens (tertiary/aromatic N) is 2. The molecular formula is C12H20N4O3. The molecular weight excluding hydrogens is 248 g/mol. The lowest BCUT2D eigenvalue weighted by molar-refractivity contribution is -0.140. The van der Waals surface area contributed by atoms with E-state index in [4.69, 9.17) is 16.7 Å². The van der Waals surface area contributed by atoms with Gasteiger partial charge in [-0.3, -0.25) is 9.59 Å². The molecule has 0 unspecified atom stereocenters. The van der Waals surface area contributed by atoms with Crippen molar-refractivity contribution >= 4 is 17.6 Å². The van der Waals surface area contributed by atoms with Gasteiger partial charge in [-0.05, 0) is 25.7 Å². The zero-order valence-electron chi connectivity index (χ0n) is 10.8. The Morgan fingerprint density at radius 3 is 2.26 bits per heavy atom. The molecule has 0 atom stereocenters. The number of hydrogen-bond acceptors (Lipinski definition) is 4. The summed E-state index contributed by atoms with van der Waals surface area (Å²) in [6.45, 7) is -0.0933. The molecule has 2 saturated carbocycles. The topological polar surface area (TPSA) is 122 Å². The molecule has 7 heteroatoms. The number of primary amides is 1. The summed E-state index contributed by atoms with van der Waals surface area (Å²) in [5.41, 5.74) is 9.94. The predicted molar refractivity (Wildman–Crippen MR) is 68.2 cm³/mol. The van der Waals surface area contributed by atoms with Crippen molar-refractivity contribution in [2.45, 2.75) is 44.6 Å². The Bertz CT molecular complexity index is 411. The van der Waals surface area contributed by atoms with E-state index in [9.17, 15) is 9.59 Å². The molecule has 2 rings (SSSR count). The second-order valence-corrected chi connectivity index (χ2v) is 5.40. The zero-order chi connectivity index (χ0) is 14.0. The van der Waals surface area contributed by atoms with Crippen molar-refractivity contribution in [1.82, 2.24) is 4.90 Å². The lowest BCUT2D eigenvalue weighted by atomic mass is 10.0. The molecule has 0 aliphatic heterocycles. The number of oxime groups is 1. The van der Waals surface area contributed by atoms with E-state index in [0.717, 1.165) is 25.7 Å². The third-order valence-corrected chi connectivity index (χ3v) is 4.11. The minimum atomic E-state index is -0.910. The van der Waals surface area contributed by atoms with Crippen LogP contribution in [0.1, 0.15) is 38.5 Å². The van der Waals surface area contributed by atoms with Crippen molar-refractivity contribution in [2.75, 3.05) is 6.54 Å². The third kappa shape index (κ3) is 2.50. The normalized spacial score (nSPS) is 22.2. The molecule has 19 heavy (non-hydrogen) atoms. The van der Waals surface area contributed by atoms with E-state index in [-0.39, 0.29) is 24.3 Å². The molecule has 0 spiro atoms. The van der Waals surface area contributed by atoms with Crippen molar-refractivity contribution < 1.29 is 14.8 Å². The monoisotopic (exact) mass is 268 g/mol. The maximum atomic E-state index is 12.6. The Labute approximate surface area is 111 Å². The highest BCUT2D eigenvalue weighted by atomic mass is 16.4. The average Bonchev–Trinajstić information content (AvgIpc) is 3.02. The molecule has 5 N–H and O–H groups in total. The van der Waals surface area contributed by atoms with Crippen molar-refractivity contribution in [2.24, 2.45) is 22.0 Å². The van der Waals surface area contributed by atoms with Gasteiger partial charge in [-0.15, -0.1) is 0 Å². The molecule has 0 aromatic carbocycles. The number of nitrogens with two attached hydrogens (primary N) is 2. The Morgan fingerprint density at radius 2 is 1.84 bits per heavy atom. The highest BCUT2D eigenvalue weighted by Crippen LogP contribution is 2.48. The maximum absolute atomic E-state index is 12.6. The molecule has 2 aliphatic carbocycles. The molecule has 0 radical (unpaired) electrons. The minimum absolute atomic E-state index is 0.0453. The molecule has 0 heterocycles. The van der Waals surface area contributed by atoms with Crippen LogP contribution in [0.5, 0.6) is 0 Å². The number of hydrogen-bond donors (Lipinski definition) is 3. The number of carbonyl (C=O) groups is 2. The van der Waals surface area contributed by atoms with Crippen LogP contribution in [0.2, 0.25) is 0 Å². The molecule has 7 nitrogen and oxygen atoms in total. The standard InChI is InChI=1S/C12H20N4O3/c13-9(17)7-16(8-3-1-2-4-8)11(18)12(5-6-12)10(14)15-19/h8,19H,1-7H2,(H2,13,17)(H2,14,15). The smallest absolute Gasteiger partial charge is 0.237 e. The molecule has 2 aliphatic rings. The van der Waals surface area contributed by atoms with Gasteiger partial charge >= 0.3 is 0 Å². The van der Waals surface area contributed by atoms with Gasteiger partial charge in [0.1, 0.15) is 5.41 Å². The first-order valence-corrected chi connectivity index (χ1v) is 6.58. The van der Waals surface area contributed by atoms with Crippen LogP contribution in [-0.2, 0) is 9.59 Å². The summed E-state index contributed by atoms with van der Waals surface area (Å²) in [4.78, 5) is 25.3. The molecule has 2 amide bonds. The summed E-state index contributed by atoms with van der Waals surface area (Å²) in [5.74, 6) is -0.825. The van der Waals surface area contributed by atoms with Crippen molar-refractivity contribution in [3.8, 4) is 0 Å². The van der Waals surface area contributed by atoms with E-state index in [1.807, 2.05) is 0 Å². The molecule has 106 valence electrons. The molecule has 0 aromatic rings. The predicted octanol–water partition coefficient (Wildman–Crippen LogP) is -0.231. The van der Waals surface area contributed by atoms with E-state index in [1.54, 1.807) is 0 Å². The second kappa shape index (κ2) is 5.07. The van der Waals surface area contributed by atoms with Crippen molar-refractivity contribution in [1.29, 1.82) is 0 Å². The minimum Gasteiger partial charge on any atom is -0.409 e. The summed E-state index contributed by atoms with van der Waals surface area (Å²) in [6, 6.07) is 0.0453. The van der Waals surface area contributed by atoms with Gasteiger partial charge in [0.05, 0.1) is 6.54 Å². The summed E-state index contributed by atoms with van der Waals surface area (Å²) in [5, 5.41) is 11.8. The Morgan fingerprint density at radius 1 is 1.26 bits per heavy atom. The molecule has 0 saturated heterocycles. The van der Waals surface area contributed by atoms with Crippen molar-refractivity contribution in [3.63, 3.8) is 0 Å². The van der Waals surface area contributed by atoms with Gasteiger partial charge < -0.3 is 21.6 Å². The quantitative estimate of drug-likeness (QED) is 0.276. The van der Waals surface area contributed by atoms with Crippen LogP contribution < -0.4 is 11.5 Å². The summed E-state index contributed by atoms with van der Waals surface area (Å²) >= 11 is 0. The van der Waals surface area contributed by atoms with E-state index < -0.39 is 11.3 Å². The molecule has 0 aromatic heterocycles. The van der Waals surface area contributed by atoms with Gasteiger partial charge in [-0.1, -0.05) is 18.0 Å². The first-order chi connectivity index (χ1) is 9.01. The fourth-order valence-corrected chi connectivity index (χ4v) is 2.83. The van der Waals surface area contributed by atoms with Crippen LogP contribution in [0.15, 0.2) is 5.16 Å². The lowest BCUT2D eigenvalue weighted by Crippen LogP contribution is -2.50. The molecule has 0 bridgehead atoms. The largest absolute Gasteiger partial charge is 0.409 e. The Kier molecular flexibility index (Phi) is 3.64. The highest BCUT2D eigenvalue weighted by molar-refractivity contribution is 6.10. The number of carbonyl (C=O) groups excluding carboxylic acids is 2. The average molecular weight is 268 g/mol. The van der Waals surface area contributed by atoms with Crippen molar-refractivity contribution in [3.05, 3.63) is 0 Å². The van der Waals surface area contributed by atoms with Crippen LogP contribution in [-0.4, -0.2) is 40.3 Å². The van der Waals surface area contributed by atoms with E-state index in [1.165, 1.54) is 4.90 Å². The maximum Gasteiger partial charge on any atom is 0.237 e. The van der Waals surface area contributed by atoms with Gasteiger partial charge in [0.25, 0.3) is 0 Å². The Balaban J connectivity index is 2.18. The number of amidine groups is 1. The summed E-state index contributed by atoms with van der Waals surface area (Å²) in [7, 11) is 0. The second-order valence-electron chi connectivity index (χ2n) is 5.40.